The molecule has 0 aliphatic rings. The smallest absolute Gasteiger partial charge is 0.352 e. The lowest BCUT2D eigenvalue weighted by Crippen LogP contribution is -2.23. The molecule has 0 saturated carbocycles. The normalized spacial score (nSPS) is 10.8. The van der Waals surface area contributed by atoms with Crippen molar-refractivity contribution in [2.75, 3.05) is 13.7 Å². The van der Waals surface area contributed by atoms with E-state index in [1.807, 2.05) is 0 Å². The van der Waals surface area contributed by atoms with Gasteiger partial charge in [-0.15, -0.1) is 0 Å². The number of aliphatic hydroxyl groups is 1. The summed E-state index contributed by atoms with van der Waals surface area (Å²) >= 11 is 0. The zero-order chi connectivity index (χ0) is 14.9. The summed E-state index contributed by atoms with van der Waals surface area (Å²) in [7, 11) is 1.45. The molecule has 2 rings (SSSR count). The number of benzene rings is 1. The third-order valence-corrected chi connectivity index (χ3v) is 3.23. The van der Waals surface area contributed by atoms with Crippen LogP contribution in [0.4, 0.5) is 0 Å². The number of rotatable bonds is 4. The Hall–Kier alpha value is -2.34. The number of carbonyl (C=O) groups is 1. The van der Waals surface area contributed by atoms with Crippen LogP contribution in [0.3, 0.4) is 0 Å². The Balaban J connectivity index is 3.06. The molecule has 0 unspecified atom stereocenters. The van der Waals surface area contributed by atoms with Gasteiger partial charge in [-0.3, -0.25) is 4.79 Å². The SMILES string of the molecule is COc1cccc2c(=O)c(C)c(C(=O)O)n(CCO)c12. The number of aromatic nitrogens is 1. The maximum absolute atomic E-state index is 12.3. The van der Waals surface area contributed by atoms with Gasteiger partial charge in [0.2, 0.25) is 0 Å². The number of carboxylic acid groups (broad SMARTS) is 1. The minimum atomic E-state index is -1.21. The molecule has 0 radical (unpaired) electrons. The highest BCUT2D eigenvalue weighted by atomic mass is 16.5. The van der Waals surface area contributed by atoms with Crippen molar-refractivity contribution in [1.29, 1.82) is 0 Å². The number of hydrogen-bond acceptors (Lipinski definition) is 4. The summed E-state index contributed by atoms with van der Waals surface area (Å²) in [6, 6.07) is 4.94. The molecule has 0 amide bonds. The quantitative estimate of drug-likeness (QED) is 0.870. The molecule has 0 spiro atoms. The van der Waals surface area contributed by atoms with Gasteiger partial charge in [0.25, 0.3) is 0 Å². The monoisotopic (exact) mass is 277 g/mol. The van der Waals surface area contributed by atoms with E-state index in [9.17, 15) is 19.8 Å². The molecular weight excluding hydrogens is 262 g/mol. The average Bonchev–Trinajstić information content (AvgIpc) is 2.43. The highest BCUT2D eigenvalue weighted by Crippen LogP contribution is 2.25. The summed E-state index contributed by atoms with van der Waals surface area (Å²) < 4.78 is 6.62. The van der Waals surface area contributed by atoms with Crippen LogP contribution in [0, 0.1) is 6.92 Å². The number of ether oxygens (including phenoxy) is 1. The molecule has 0 atom stereocenters. The maximum atomic E-state index is 12.3. The standard InChI is InChI=1S/C14H15NO5/c1-8-11(14(18)19)15(6-7-16)12-9(13(8)17)4-3-5-10(12)20-2/h3-5,16H,6-7H2,1-2H3,(H,18,19). The molecule has 20 heavy (non-hydrogen) atoms. The number of para-hydroxylation sites is 1. The van der Waals surface area contributed by atoms with E-state index in [1.54, 1.807) is 18.2 Å². The number of nitrogens with zero attached hydrogens (tertiary/aromatic N) is 1. The maximum Gasteiger partial charge on any atom is 0.352 e. The van der Waals surface area contributed by atoms with E-state index in [2.05, 4.69) is 0 Å². The van der Waals surface area contributed by atoms with Crippen molar-refractivity contribution in [3.8, 4) is 5.75 Å². The molecule has 6 nitrogen and oxygen atoms in total. The fourth-order valence-corrected chi connectivity index (χ4v) is 2.37. The molecule has 0 aliphatic heterocycles. The highest BCUT2D eigenvalue weighted by molar-refractivity contribution is 5.94. The predicted octanol–water partition coefficient (Wildman–Crippen LogP) is 1.01. The minimum Gasteiger partial charge on any atom is -0.495 e. The number of methoxy groups -OCH3 is 1. The van der Waals surface area contributed by atoms with Gasteiger partial charge >= 0.3 is 5.97 Å². The van der Waals surface area contributed by atoms with Crippen molar-refractivity contribution < 1.29 is 19.7 Å². The summed E-state index contributed by atoms with van der Waals surface area (Å²) in [6.07, 6.45) is 0. The Bertz CT molecular complexity index is 732. The topological polar surface area (TPSA) is 88.8 Å². The minimum absolute atomic E-state index is 0.0691. The third kappa shape index (κ3) is 2.04. The second-order valence-corrected chi connectivity index (χ2v) is 4.34. The summed E-state index contributed by atoms with van der Waals surface area (Å²) in [5.74, 6) is -0.809. The molecule has 0 bridgehead atoms. The molecule has 0 aliphatic carbocycles. The Kier molecular flexibility index (Phi) is 3.76. The Labute approximate surface area is 114 Å². The molecule has 2 aromatic rings. The molecule has 1 aromatic heterocycles. The lowest BCUT2D eigenvalue weighted by molar-refractivity contribution is 0.0682. The number of carboxylic acids is 1. The second kappa shape index (κ2) is 5.34. The number of aromatic carboxylic acids is 1. The second-order valence-electron chi connectivity index (χ2n) is 4.34. The molecule has 106 valence electrons. The number of pyridine rings is 1. The van der Waals surface area contributed by atoms with Crippen LogP contribution in [0.2, 0.25) is 0 Å². The third-order valence-electron chi connectivity index (χ3n) is 3.23. The van der Waals surface area contributed by atoms with E-state index in [0.717, 1.165) is 0 Å². The van der Waals surface area contributed by atoms with Gasteiger partial charge < -0.3 is 19.5 Å². The van der Waals surface area contributed by atoms with Crippen molar-refractivity contribution in [3.63, 3.8) is 0 Å². The zero-order valence-electron chi connectivity index (χ0n) is 11.2. The fraction of sp³-hybridized carbons (Fsp3) is 0.286. The lowest BCUT2D eigenvalue weighted by Gasteiger charge is -2.17. The largest absolute Gasteiger partial charge is 0.495 e. The Morgan fingerprint density at radius 1 is 1.40 bits per heavy atom. The van der Waals surface area contributed by atoms with Crippen LogP contribution < -0.4 is 10.2 Å². The zero-order valence-corrected chi connectivity index (χ0v) is 11.2. The molecule has 2 N–H and O–H groups in total. The lowest BCUT2D eigenvalue weighted by atomic mass is 10.1. The van der Waals surface area contributed by atoms with E-state index in [-0.39, 0.29) is 29.8 Å². The summed E-state index contributed by atoms with van der Waals surface area (Å²) in [6.45, 7) is 1.30. The van der Waals surface area contributed by atoms with E-state index in [1.165, 1.54) is 18.6 Å². The van der Waals surface area contributed by atoms with Gasteiger partial charge in [0.15, 0.2) is 5.43 Å². The highest BCUT2D eigenvalue weighted by Gasteiger charge is 2.20. The van der Waals surface area contributed by atoms with Crippen LogP contribution in [0.5, 0.6) is 5.75 Å². The van der Waals surface area contributed by atoms with Gasteiger partial charge in [0.05, 0.1) is 19.2 Å². The van der Waals surface area contributed by atoms with Gasteiger partial charge in [-0.1, -0.05) is 6.07 Å². The van der Waals surface area contributed by atoms with Gasteiger partial charge in [-0.25, -0.2) is 4.79 Å². The van der Waals surface area contributed by atoms with Gasteiger partial charge in [0, 0.05) is 17.5 Å². The summed E-state index contributed by atoms with van der Waals surface area (Å²) in [5.41, 5.74) is 0.0651. The van der Waals surface area contributed by atoms with Crippen LogP contribution >= 0.6 is 0 Å². The molecule has 1 aromatic carbocycles. The summed E-state index contributed by atoms with van der Waals surface area (Å²) in [5, 5.41) is 18.9. The van der Waals surface area contributed by atoms with Crippen LogP contribution in [0.25, 0.3) is 10.9 Å². The van der Waals surface area contributed by atoms with E-state index in [4.69, 9.17) is 4.74 Å². The van der Waals surface area contributed by atoms with E-state index >= 15 is 0 Å². The van der Waals surface area contributed by atoms with Gasteiger partial charge in [0.1, 0.15) is 11.4 Å². The summed E-state index contributed by atoms with van der Waals surface area (Å²) in [4.78, 5) is 23.7. The first-order valence-corrected chi connectivity index (χ1v) is 6.07. The molecule has 6 heteroatoms. The molecule has 1 heterocycles. The average molecular weight is 277 g/mol. The van der Waals surface area contributed by atoms with E-state index < -0.39 is 5.97 Å². The first-order valence-electron chi connectivity index (χ1n) is 6.07. The van der Waals surface area contributed by atoms with E-state index in [0.29, 0.717) is 16.7 Å². The first kappa shape index (κ1) is 14.1. The molecule has 0 saturated heterocycles. The van der Waals surface area contributed by atoms with Crippen molar-refractivity contribution in [2.24, 2.45) is 0 Å². The van der Waals surface area contributed by atoms with Gasteiger partial charge in [-0.2, -0.15) is 0 Å². The van der Waals surface area contributed by atoms with Crippen molar-refractivity contribution in [2.45, 2.75) is 13.5 Å². The van der Waals surface area contributed by atoms with Crippen molar-refractivity contribution >= 4 is 16.9 Å². The molecule has 0 fully saturated rings. The number of fused-ring (bicyclic) bond motifs is 1. The number of hydrogen-bond donors (Lipinski definition) is 2. The first-order chi connectivity index (χ1) is 9.52. The Morgan fingerprint density at radius 2 is 2.10 bits per heavy atom. The van der Waals surface area contributed by atoms with Crippen LogP contribution in [-0.2, 0) is 6.54 Å². The van der Waals surface area contributed by atoms with Crippen LogP contribution in [0.15, 0.2) is 23.0 Å². The molecular formula is C14H15NO5. The van der Waals surface area contributed by atoms with Gasteiger partial charge in [-0.05, 0) is 19.1 Å². The van der Waals surface area contributed by atoms with Crippen LogP contribution in [-0.4, -0.2) is 34.5 Å². The van der Waals surface area contributed by atoms with Crippen molar-refractivity contribution in [3.05, 3.63) is 39.7 Å². The predicted molar refractivity (Wildman–Crippen MR) is 73.5 cm³/mol. The van der Waals surface area contributed by atoms with Crippen molar-refractivity contribution in [1.82, 2.24) is 4.57 Å². The fourth-order valence-electron chi connectivity index (χ4n) is 2.37. The van der Waals surface area contributed by atoms with Crippen LogP contribution in [0.1, 0.15) is 16.1 Å². The Morgan fingerprint density at radius 3 is 2.65 bits per heavy atom. The number of aliphatic hydroxyl groups excluding tert-OH is 1.